The van der Waals surface area contributed by atoms with Crippen LogP contribution in [0.4, 0.5) is 11.4 Å². The van der Waals surface area contributed by atoms with Crippen molar-refractivity contribution in [2.24, 2.45) is 5.92 Å². The number of hydrogen-bond donors (Lipinski definition) is 0. The number of hydrogen-bond acceptors (Lipinski definition) is 6. The van der Waals surface area contributed by atoms with E-state index in [0.717, 1.165) is 12.8 Å². The molecule has 0 aliphatic carbocycles. The number of carbonyl (C=O) groups excluding carboxylic acids is 2. The van der Waals surface area contributed by atoms with Gasteiger partial charge < -0.3 is 14.5 Å². The molecule has 1 saturated heterocycles. The third-order valence-electron chi connectivity index (χ3n) is 4.36. The summed E-state index contributed by atoms with van der Waals surface area (Å²) in [6, 6.07) is 3.99. The molecule has 25 heavy (non-hydrogen) atoms. The van der Waals surface area contributed by atoms with Crippen LogP contribution in [0.3, 0.4) is 0 Å². The molecule has 0 bridgehead atoms. The van der Waals surface area contributed by atoms with Gasteiger partial charge in [0.1, 0.15) is 0 Å². The van der Waals surface area contributed by atoms with Gasteiger partial charge in [-0.1, -0.05) is 6.92 Å². The average Bonchev–Trinajstić information content (AvgIpc) is 2.59. The van der Waals surface area contributed by atoms with Crippen LogP contribution in [-0.4, -0.2) is 55.5 Å². The standard InChI is InChI=1S/C17H23N3O5/c1-12-6-8-19(9-7-12)16(21)11-25-17(22)14-10-13(20(23)24)4-5-15(14)18(2)3/h4-5,10,12H,6-9,11H2,1-3H3. The number of nitrogens with zero attached hydrogens (tertiary/aromatic N) is 3. The first-order chi connectivity index (χ1) is 11.8. The van der Waals surface area contributed by atoms with E-state index in [4.69, 9.17) is 4.74 Å². The molecular weight excluding hydrogens is 326 g/mol. The van der Waals surface area contributed by atoms with Crippen molar-refractivity contribution in [3.63, 3.8) is 0 Å². The number of ether oxygens (including phenoxy) is 1. The molecule has 0 radical (unpaired) electrons. The molecule has 1 aliphatic heterocycles. The molecule has 0 saturated carbocycles. The first-order valence-electron chi connectivity index (χ1n) is 8.20. The Bertz CT molecular complexity index is 666. The first kappa shape index (κ1) is 18.7. The van der Waals surface area contributed by atoms with Crippen molar-refractivity contribution >= 4 is 23.3 Å². The summed E-state index contributed by atoms with van der Waals surface area (Å²) in [5.41, 5.74) is 0.364. The lowest BCUT2D eigenvalue weighted by molar-refractivity contribution is -0.384. The van der Waals surface area contributed by atoms with Crippen molar-refractivity contribution in [1.29, 1.82) is 0 Å². The van der Waals surface area contributed by atoms with E-state index in [-0.39, 0.29) is 23.8 Å². The highest BCUT2D eigenvalue weighted by atomic mass is 16.6. The summed E-state index contributed by atoms with van der Waals surface area (Å²) in [6.07, 6.45) is 1.88. The Kier molecular flexibility index (Phi) is 5.95. The SMILES string of the molecule is CC1CCN(C(=O)COC(=O)c2cc([N+](=O)[O-])ccc2N(C)C)CC1. The monoisotopic (exact) mass is 349 g/mol. The number of anilines is 1. The number of nitro benzene ring substituents is 1. The number of carbonyl (C=O) groups is 2. The van der Waals surface area contributed by atoms with E-state index in [2.05, 4.69) is 6.92 Å². The molecule has 1 aromatic rings. The van der Waals surface area contributed by atoms with Crippen molar-refractivity contribution in [2.75, 3.05) is 38.7 Å². The lowest BCUT2D eigenvalue weighted by Gasteiger charge is -2.30. The molecule has 8 nitrogen and oxygen atoms in total. The van der Waals surface area contributed by atoms with Crippen LogP contribution in [0.25, 0.3) is 0 Å². The van der Waals surface area contributed by atoms with Crippen molar-refractivity contribution in [3.05, 3.63) is 33.9 Å². The normalized spacial score (nSPS) is 14.9. The first-order valence-corrected chi connectivity index (χ1v) is 8.20. The van der Waals surface area contributed by atoms with Crippen molar-refractivity contribution in [1.82, 2.24) is 4.90 Å². The molecule has 0 unspecified atom stereocenters. The predicted octanol–water partition coefficient (Wildman–Crippen LogP) is 2.08. The summed E-state index contributed by atoms with van der Waals surface area (Å²) in [7, 11) is 3.44. The van der Waals surface area contributed by atoms with Gasteiger partial charge in [0.05, 0.1) is 16.2 Å². The molecule has 2 rings (SSSR count). The van der Waals surface area contributed by atoms with Crippen LogP contribution in [0.2, 0.25) is 0 Å². The maximum absolute atomic E-state index is 12.3. The van der Waals surface area contributed by atoms with Gasteiger partial charge in [-0.15, -0.1) is 0 Å². The van der Waals surface area contributed by atoms with Gasteiger partial charge >= 0.3 is 5.97 Å². The van der Waals surface area contributed by atoms with Gasteiger partial charge in [-0.25, -0.2) is 4.79 Å². The highest BCUT2D eigenvalue weighted by Crippen LogP contribution is 2.25. The Hall–Kier alpha value is -2.64. The van der Waals surface area contributed by atoms with Gasteiger partial charge in [-0.3, -0.25) is 14.9 Å². The Morgan fingerprint density at radius 3 is 2.52 bits per heavy atom. The highest BCUT2D eigenvalue weighted by molar-refractivity contribution is 5.97. The quantitative estimate of drug-likeness (QED) is 0.459. The van der Waals surface area contributed by atoms with E-state index in [1.807, 2.05) is 0 Å². The largest absolute Gasteiger partial charge is 0.452 e. The second kappa shape index (κ2) is 7.96. The lowest BCUT2D eigenvalue weighted by Crippen LogP contribution is -2.40. The Morgan fingerprint density at radius 1 is 1.32 bits per heavy atom. The van der Waals surface area contributed by atoms with Gasteiger partial charge in [-0.05, 0) is 24.8 Å². The van der Waals surface area contributed by atoms with Gasteiger partial charge in [0.2, 0.25) is 0 Å². The fraction of sp³-hybridized carbons (Fsp3) is 0.529. The topological polar surface area (TPSA) is 93.0 Å². The lowest BCUT2D eigenvalue weighted by atomic mass is 9.99. The zero-order valence-electron chi connectivity index (χ0n) is 14.7. The zero-order chi connectivity index (χ0) is 18.6. The minimum atomic E-state index is -0.744. The molecule has 136 valence electrons. The van der Waals surface area contributed by atoms with Crippen LogP contribution in [0.15, 0.2) is 18.2 Å². The van der Waals surface area contributed by atoms with Crippen LogP contribution in [0, 0.1) is 16.0 Å². The molecule has 1 aromatic carbocycles. The Morgan fingerprint density at radius 2 is 1.96 bits per heavy atom. The Balaban J connectivity index is 2.05. The van der Waals surface area contributed by atoms with Crippen LogP contribution in [0.5, 0.6) is 0 Å². The number of rotatable bonds is 5. The fourth-order valence-electron chi connectivity index (χ4n) is 2.75. The summed E-state index contributed by atoms with van der Waals surface area (Å²) >= 11 is 0. The number of amides is 1. The molecular formula is C17H23N3O5. The molecule has 1 fully saturated rings. The second-order valence-electron chi connectivity index (χ2n) is 6.49. The molecule has 0 atom stereocenters. The minimum Gasteiger partial charge on any atom is -0.452 e. The van der Waals surface area contributed by atoms with E-state index in [9.17, 15) is 19.7 Å². The average molecular weight is 349 g/mol. The predicted molar refractivity (Wildman–Crippen MR) is 92.7 cm³/mol. The number of esters is 1. The van der Waals surface area contributed by atoms with Crippen LogP contribution in [0.1, 0.15) is 30.1 Å². The number of likely N-dealkylation sites (tertiary alicyclic amines) is 1. The summed E-state index contributed by atoms with van der Waals surface area (Å²) < 4.78 is 5.12. The fourth-order valence-corrected chi connectivity index (χ4v) is 2.75. The van der Waals surface area contributed by atoms with Gasteiger partial charge in [0.25, 0.3) is 11.6 Å². The molecule has 0 N–H and O–H groups in total. The molecule has 0 spiro atoms. The third-order valence-corrected chi connectivity index (χ3v) is 4.36. The van der Waals surface area contributed by atoms with E-state index in [1.165, 1.54) is 18.2 Å². The maximum Gasteiger partial charge on any atom is 0.341 e. The van der Waals surface area contributed by atoms with Crippen LogP contribution in [-0.2, 0) is 9.53 Å². The van der Waals surface area contributed by atoms with Gasteiger partial charge in [0, 0.05) is 39.3 Å². The van der Waals surface area contributed by atoms with Crippen LogP contribution >= 0.6 is 0 Å². The van der Waals surface area contributed by atoms with Gasteiger partial charge in [-0.2, -0.15) is 0 Å². The number of non-ortho nitro benzene ring substituents is 1. The van der Waals surface area contributed by atoms with Crippen molar-refractivity contribution in [2.45, 2.75) is 19.8 Å². The van der Waals surface area contributed by atoms with Gasteiger partial charge in [0.15, 0.2) is 6.61 Å². The summed E-state index contributed by atoms with van der Waals surface area (Å²) in [4.78, 5) is 38.2. The number of nitro groups is 1. The molecule has 0 aromatic heterocycles. The van der Waals surface area contributed by atoms with Crippen LogP contribution < -0.4 is 4.90 Å². The minimum absolute atomic E-state index is 0.0688. The second-order valence-corrected chi connectivity index (χ2v) is 6.49. The Labute approximate surface area is 146 Å². The molecule has 1 amide bonds. The summed E-state index contributed by atoms with van der Waals surface area (Å²) in [5.74, 6) is -0.387. The maximum atomic E-state index is 12.3. The molecule has 8 heteroatoms. The number of benzene rings is 1. The van der Waals surface area contributed by atoms with E-state index in [0.29, 0.717) is 24.7 Å². The van der Waals surface area contributed by atoms with E-state index < -0.39 is 10.9 Å². The summed E-state index contributed by atoms with van der Waals surface area (Å²) in [6.45, 7) is 3.12. The zero-order valence-corrected chi connectivity index (χ0v) is 14.7. The molecule has 1 aliphatic rings. The highest BCUT2D eigenvalue weighted by Gasteiger charge is 2.23. The van der Waals surface area contributed by atoms with E-state index in [1.54, 1.807) is 23.9 Å². The van der Waals surface area contributed by atoms with Crippen molar-refractivity contribution < 1.29 is 19.2 Å². The van der Waals surface area contributed by atoms with Crippen molar-refractivity contribution in [3.8, 4) is 0 Å². The summed E-state index contributed by atoms with van der Waals surface area (Å²) in [5, 5.41) is 10.9. The smallest absolute Gasteiger partial charge is 0.341 e. The third kappa shape index (κ3) is 4.68. The molecule has 1 heterocycles. The number of piperidine rings is 1. The van der Waals surface area contributed by atoms with E-state index >= 15 is 0 Å².